The zero-order valence-corrected chi connectivity index (χ0v) is 14.8. The highest BCUT2D eigenvalue weighted by molar-refractivity contribution is 7.92. The van der Waals surface area contributed by atoms with Gasteiger partial charge >= 0.3 is 0 Å². The van der Waals surface area contributed by atoms with Crippen LogP contribution in [0.1, 0.15) is 45.6 Å². The Morgan fingerprint density at radius 3 is 2.14 bits per heavy atom. The van der Waals surface area contributed by atoms with Crippen LogP contribution in [0.15, 0.2) is 24.3 Å². The van der Waals surface area contributed by atoms with Crippen LogP contribution >= 0.6 is 0 Å². The number of sulfonamides is 1. The molecule has 0 aromatic heterocycles. The lowest BCUT2D eigenvalue weighted by Gasteiger charge is -2.23. The average molecular weight is 326 g/mol. The van der Waals surface area contributed by atoms with E-state index in [-0.39, 0.29) is 18.5 Å². The van der Waals surface area contributed by atoms with Crippen LogP contribution in [-0.2, 0) is 14.8 Å². The number of anilines is 1. The maximum atomic E-state index is 12.0. The van der Waals surface area contributed by atoms with Crippen LogP contribution in [0.5, 0.6) is 0 Å². The van der Waals surface area contributed by atoms with Crippen molar-refractivity contribution in [3.05, 3.63) is 29.8 Å². The minimum Gasteiger partial charge on any atom is -0.352 e. The zero-order valence-electron chi connectivity index (χ0n) is 14.0. The Hall–Kier alpha value is -1.56. The fourth-order valence-corrected chi connectivity index (χ4v) is 2.83. The zero-order chi connectivity index (χ0) is 16.9. The molecule has 1 amide bonds. The van der Waals surface area contributed by atoms with Crippen molar-refractivity contribution in [3.8, 4) is 0 Å². The number of nitrogens with zero attached hydrogens (tertiary/aromatic N) is 1. The topological polar surface area (TPSA) is 66.5 Å². The van der Waals surface area contributed by atoms with Crippen LogP contribution in [0.3, 0.4) is 0 Å². The Morgan fingerprint density at radius 2 is 1.73 bits per heavy atom. The minimum absolute atomic E-state index is 0.0252. The van der Waals surface area contributed by atoms with Gasteiger partial charge in [-0.05, 0) is 37.0 Å². The molecular formula is C16H26N2O3S. The molecule has 0 heterocycles. The van der Waals surface area contributed by atoms with Gasteiger partial charge in [-0.1, -0.05) is 32.9 Å². The van der Waals surface area contributed by atoms with Crippen LogP contribution < -0.4 is 9.62 Å². The molecule has 6 heteroatoms. The maximum absolute atomic E-state index is 12.0. The highest BCUT2D eigenvalue weighted by Gasteiger charge is 2.21. The summed E-state index contributed by atoms with van der Waals surface area (Å²) in [5, 5.41) is 2.79. The molecule has 0 saturated heterocycles. The van der Waals surface area contributed by atoms with Crippen LogP contribution in [0.25, 0.3) is 0 Å². The number of rotatable bonds is 7. The van der Waals surface area contributed by atoms with E-state index in [9.17, 15) is 13.2 Å². The van der Waals surface area contributed by atoms with Gasteiger partial charge in [0.15, 0.2) is 0 Å². The van der Waals surface area contributed by atoms with Gasteiger partial charge in [-0.15, -0.1) is 0 Å². The fourth-order valence-electron chi connectivity index (χ4n) is 1.98. The molecule has 0 radical (unpaired) electrons. The number of hydrogen-bond donors (Lipinski definition) is 1. The molecule has 1 rings (SSSR count). The summed E-state index contributed by atoms with van der Waals surface area (Å²) in [5.41, 5.74) is 1.63. The van der Waals surface area contributed by atoms with Gasteiger partial charge in [-0.25, -0.2) is 8.42 Å². The number of hydrogen-bond acceptors (Lipinski definition) is 3. The second-order valence-electron chi connectivity index (χ2n) is 5.89. The summed E-state index contributed by atoms with van der Waals surface area (Å²) in [4.78, 5) is 12.0. The van der Waals surface area contributed by atoms with Gasteiger partial charge < -0.3 is 5.32 Å². The molecule has 5 nitrogen and oxygen atoms in total. The summed E-state index contributed by atoms with van der Waals surface area (Å²) in [6.45, 7) is 7.79. The summed E-state index contributed by atoms with van der Waals surface area (Å²) in [6, 6.07) is 7.30. The largest absolute Gasteiger partial charge is 0.352 e. The van der Waals surface area contributed by atoms with Gasteiger partial charge in [0.05, 0.1) is 11.9 Å². The minimum atomic E-state index is -3.52. The third kappa shape index (κ3) is 5.33. The van der Waals surface area contributed by atoms with Gasteiger partial charge in [0.25, 0.3) is 0 Å². The van der Waals surface area contributed by atoms with Crippen LogP contribution in [0.2, 0.25) is 0 Å². The Bertz CT molecular complexity index is 594. The fraction of sp³-hybridized carbons (Fsp3) is 0.562. The van der Waals surface area contributed by atoms with Crippen molar-refractivity contribution in [2.75, 3.05) is 17.1 Å². The van der Waals surface area contributed by atoms with E-state index in [0.717, 1.165) is 22.5 Å². The summed E-state index contributed by atoms with van der Waals surface area (Å²) in [5.74, 6) is 0.0714. The molecule has 0 fully saturated rings. The highest BCUT2D eigenvalue weighted by atomic mass is 32.2. The molecule has 1 atom stereocenters. The monoisotopic (exact) mass is 326 g/mol. The molecular weight excluding hydrogens is 300 g/mol. The van der Waals surface area contributed by atoms with E-state index in [4.69, 9.17) is 0 Å². The number of amides is 1. The van der Waals surface area contributed by atoms with Crippen LogP contribution in [-0.4, -0.2) is 33.2 Å². The predicted molar refractivity (Wildman–Crippen MR) is 90.6 cm³/mol. The quantitative estimate of drug-likeness (QED) is 0.837. The van der Waals surface area contributed by atoms with Crippen molar-refractivity contribution in [1.82, 2.24) is 5.32 Å². The molecule has 1 aromatic rings. The van der Waals surface area contributed by atoms with E-state index in [1.54, 1.807) is 12.1 Å². The van der Waals surface area contributed by atoms with Crippen molar-refractivity contribution < 1.29 is 13.2 Å². The molecule has 0 aliphatic rings. The molecule has 0 aliphatic heterocycles. The van der Waals surface area contributed by atoms with Gasteiger partial charge in [0.1, 0.15) is 6.54 Å². The van der Waals surface area contributed by atoms with Gasteiger partial charge in [-0.3, -0.25) is 9.10 Å². The summed E-state index contributed by atoms with van der Waals surface area (Å²) >= 11 is 0. The standard InChI is InChI=1S/C16H26N2O3S/c1-6-13(4)17-16(19)11-18(22(5,20)21)15-9-7-14(8-10-15)12(2)3/h7-10,12-13H,6,11H2,1-5H3,(H,17,19). The van der Waals surface area contributed by atoms with Crippen molar-refractivity contribution in [2.24, 2.45) is 0 Å². The van der Waals surface area contributed by atoms with E-state index < -0.39 is 10.0 Å². The van der Waals surface area contributed by atoms with E-state index in [1.165, 1.54) is 0 Å². The third-order valence-corrected chi connectivity index (χ3v) is 4.70. The lowest BCUT2D eigenvalue weighted by atomic mass is 10.0. The Kier molecular flexibility index (Phi) is 6.41. The molecule has 1 unspecified atom stereocenters. The first-order valence-corrected chi connectivity index (χ1v) is 9.37. The number of benzene rings is 1. The lowest BCUT2D eigenvalue weighted by molar-refractivity contribution is -0.120. The molecule has 0 aliphatic carbocycles. The van der Waals surface area contributed by atoms with E-state index >= 15 is 0 Å². The molecule has 124 valence electrons. The lowest BCUT2D eigenvalue weighted by Crippen LogP contribution is -2.43. The normalized spacial score (nSPS) is 13.0. The van der Waals surface area contributed by atoms with Crippen LogP contribution in [0, 0.1) is 0 Å². The van der Waals surface area contributed by atoms with Crippen molar-refractivity contribution >= 4 is 21.6 Å². The Morgan fingerprint density at radius 1 is 1.18 bits per heavy atom. The van der Waals surface area contributed by atoms with Gasteiger partial charge in [-0.2, -0.15) is 0 Å². The first-order valence-electron chi connectivity index (χ1n) is 7.52. The summed E-state index contributed by atoms with van der Waals surface area (Å²) in [7, 11) is -3.52. The molecule has 0 saturated carbocycles. The van der Waals surface area contributed by atoms with Gasteiger partial charge in [0, 0.05) is 6.04 Å². The summed E-state index contributed by atoms with van der Waals surface area (Å²) in [6.07, 6.45) is 1.91. The van der Waals surface area contributed by atoms with Gasteiger partial charge in [0.2, 0.25) is 15.9 Å². The maximum Gasteiger partial charge on any atom is 0.240 e. The number of nitrogens with one attached hydrogen (secondary N) is 1. The second kappa shape index (κ2) is 7.63. The number of carbonyl (C=O) groups is 1. The molecule has 1 N–H and O–H groups in total. The first-order chi connectivity index (χ1) is 10.1. The van der Waals surface area contributed by atoms with Crippen molar-refractivity contribution in [1.29, 1.82) is 0 Å². The molecule has 0 bridgehead atoms. The molecule has 22 heavy (non-hydrogen) atoms. The first kappa shape index (κ1) is 18.5. The molecule has 0 spiro atoms. The predicted octanol–water partition coefficient (Wildman–Crippen LogP) is 2.49. The van der Waals surface area contributed by atoms with E-state index in [1.807, 2.05) is 26.0 Å². The van der Waals surface area contributed by atoms with E-state index in [0.29, 0.717) is 11.6 Å². The van der Waals surface area contributed by atoms with Crippen LogP contribution in [0.4, 0.5) is 5.69 Å². The Balaban J connectivity index is 2.97. The van der Waals surface area contributed by atoms with Crippen molar-refractivity contribution in [3.63, 3.8) is 0 Å². The molecule has 1 aromatic carbocycles. The summed E-state index contributed by atoms with van der Waals surface area (Å²) < 4.78 is 25.1. The SMILES string of the molecule is CCC(C)NC(=O)CN(c1ccc(C(C)C)cc1)S(C)(=O)=O. The Labute approximate surface area is 133 Å². The highest BCUT2D eigenvalue weighted by Crippen LogP contribution is 2.21. The van der Waals surface area contributed by atoms with Crippen molar-refractivity contribution in [2.45, 2.75) is 46.1 Å². The average Bonchev–Trinajstić information content (AvgIpc) is 2.43. The number of carbonyl (C=O) groups excluding carboxylic acids is 1. The second-order valence-corrected chi connectivity index (χ2v) is 7.80. The smallest absolute Gasteiger partial charge is 0.240 e. The third-order valence-electron chi connectivity index (χ3n) is 3.56. The van der Waals surface area contributed by atoms with E-state index in [2.05, 4.69) is 19.2 Å².